The molecule has 1 rings (SSSR count). The summed E-state index contributed by atoms with van der Waals surface area (Å²) in [5, 5.41) is 2.98. The Morgan fingerprint density at radius 1 is 1.39 bits per heavy atom. The predicted molar refractivity (Wildman–Crippen MR) is 68.7 cm³/mol. The van der Waals surface area contributed by atoms with E-state index in [-0.39, 0.29) is 35.8 Å². The van der Waals surface area contributed by atoms with Crippen molar-refractivity contribution in [2.45, 2.75) is 51.6 Å². The third-order valence-corrected chi connectivity index (χ3v) is 3.63. The van der Waals surface area contributed by atoms with Crippen molar-refractivity contribution >= 4 is 11.9 Å². The molecule has 1 fully saturated rings. The maximum Gasteiger partial charge on any atom is 0.308 e. The zero-order chi connectivity index (χ0) is 13.7. The topological polar surface area (TPSA) is 81.4 Å². The van der Waals surface area contributed by atoms with Gasteiger partial charge in [-0.05, 0) is 25.2 Å². The highest BCUT2D eigenvalue weighted by Crippen LogP contribution is 2.29. The highest BCUT2D eigenvalue weighted by molar-refractivity contribution is 5.76. The normalized spacial score (nSPS) is 31.8. The molecule has 4 atom stereocenters. The number of hydrogen-bond donors (Lipinski definition) is 2. The van der Waals surface area contributed by atoms with Gasteiger partial charge in [-0.2, -0.15) is 0 Å². The predicted octanol–water partition coefficient (Wildman–Crippen LogP) is 0.818. The van der Waals surface area contributed by atoms with E-state index in [1.54, 1.807) is 0 Å². The van der Waals surface area contributed by atoms with Crippen LogP contribution in [0.4, 0.5) is 0 Å². The number of nitrogens with one attached hydrogen (secondary N) is 1. The van der Waals surface area contributed by atoms with Crippen LogP contribution in [0.15, 0.2) is 0 Å². The van der Waals surface area contributed by atoms with Crippen LogP contribution >= 0.6 is 0 Å². The molecular weight excluding hydrogens is 232 g/mol. The highest BCUT2D eigenvalue weighted by atomic mass is 16.5. The first-order valence-electron chi connectivity index (χ1n) is 6.62. The summed E-state index contributed by atoms with van der Waals surface area (Å²) >= 11 is 0. The third-order valence-electron chi connectivity index (χ3n) is 3.63. The summed E-state index contributed by atoms with van der Waals surface area (Å²) in [6.45, 7) is 3.99. The average Bonchev–Trinajstić information content (AvgIpc) is 2.32. The van der Waals surface area contributed by atoms with Crippen LogP contribution in [-0.2, 0) is 14.3 Å². The summed E-state index contributed by atoms with van der Waals surface area (Å²) in [5.41, 5.74) is 6.07. The van der Waals surface area contributed by atoms with Crippen LogP contribution in [0.2, 0.25) is 0 Å². The van der Waals surface area contributed by atoms with E-state index in [9.17, 15) is 9.59 Å². The molecule has 0 aromatic heterocycles. The molecule has 4 unspecified atom stereocenters. The van der Waals surface area contributed by atoms with E-state index in [2.05, 4.69) is 5.32 Å². The van der Waals surface area contributed by atoms with Crippen LogP contribution < -0.4 is 11.1 Å². The van der Waals surface area contributed by atoms with Gasteiger partial charge in [0.05, 0.1) is 13.0 Å². The lowest BCUT2D eigenvalue weighted by atomic mass is 9.76. The molecule has 1 amide bonds. The number of carbonyl (C=O) groups excluding carboxylic acids is 2. The van der Waals surface area contributed by atoms with Crippen LogP contribution in [0.5, 0.6) is 0 Å². The first-order valence-corrected chi connectivity index (χ1v) is 6.62. The molecule has 1 saturated carbocycles. The number of rotatable bonds is 4. The van der Waals surface area contributed by atoms with Crippen molar-refractivity contribution in [3.8, 4) is 0 Å². The number of ether oxygens (including phenoxy) is 1. The molecule has 0 spiro atoms. The molecule has 104 valence electrons. The van der Waals surface area contributed by atoms with Crippen molar-refractivity contribution in [1.82, 2.24) is 5.32 Å². The monoisotopic (exact) mass is 256 g/mol. The summed E-state index contributed by atoms with van der Waals surface area (Å²) in [6.07, 6.45) is 2.65. The van der Waals surface area contributed by atoms with Crippen LogP contribution in [0, 0.1) is 11.8 Å². The van der Waals surface area contributed by atoms with Gasteiger partial charge in [-0.25, -0.2) is 0 Å². The summed E-state index contributed by atoms with van der Waals surface area (Å²) in [4.78, 5) is 23.1. The van der Waals surface area contributed by atoms with Crippen molar-refractivity contribution < 1.29 is 14.3 Å². The first-order chi connectivity index (χ1) is 8.49. The third kappa shape index (κ3) is 3.70. The highest BCUT2D eigenvalue weighted by Gasteiger charge is 2.37. The fraction of sp³-hybridized carbons (Fsp3) is 0.846. The lowest BCUT2D eigenvalue weighted by molar-refractivity contribution is -0.147. The SMILES string of the molecule is CCCC(=O)NC1C(C)CC(C(=O)OC)CC1N. The van der Waals surface area contributed by atoms with Gasteiger partial charge in [0.2, 0.25) is 5.91 Å². The van der Waals surface area contributed by atoms with Crippen LogP contribution in [0.25, 0.3) is 0 Å². The Labute approximate surface area is 108 Å². The molecule has 3 N–H and O–H groups in total. The molecule has 18 heavy (non-hydrogen) atoms. The Hall–Kier alpha value is -1.10. The Bertz CT molecular complexity index is 295. The largest absolute Gasteiger partial charge is 0.469 e. The second-order valence-corrected chi connectivity index (χ2v) is 5.18. The van der Waals surface area contributed by atoms with Crippen LogP contribution in [-0.4, -0.2) is 31.1 Å². The van der Waals surface area contributed by atoms with Gasteiger partial charge in [0.1, 0.15) is 0 Å². The van der Waals surface area contributed by atoms with Gasteiger partial charge in [-0.3, -0.25) is 9.59 Å². The molecule has 5 nitrogen and oxygen atoms in total. The zero-order valence-electron chi connectivity index (χ0n) is 11.4. The molecule has 1 aliphatic rings. The molecule has 0 heterocycles. The molecule has 0 aromatic carbocycles. The quantitative estimate of drug-likeness (QED) is 0.730. The van der Waals surface area contributed by atoms with E-state index in [1.165, 1.54) is 7.11 Å². The van der Waals surface area contributed by atoms with Gasteiger partial charge >= 0.3 is 5.97 Å². The minimum atomic E-state index is -0.198. The fourth-order valence-corrected chi connectivity index (χ4v) is 2.68. The summed E-state index contributed by atoms with van der Waals surface area (Å²) in [7, 11) is 1.40. The Kier molecular flexibility index (Phi) is 5.59. The smallest absolute Gasteiger partial charge is 0.308 e. The van der Waals surface area contributed by atoms with Crippen LogP contribution in [0.3, 0.4) is 0 Å². The maximum absolute atomic E-state index is 11.6. The summed E-state index contributed by atoms with van der Waals surface area (Å²) < 4.78 is 4.76. The maximum atomic E-state index is 11.6. The standard InChI is InChI=1S/C13H24N2O3/c1-4-5-11(16)15-12-8(2)6-9(7-10(12)14)13(17)18-3/h8-10,12H,4-7,14H2,1-3H3,(H,15,16). The van der Waals surface area contributed by atoms with Gasteiger partial charge in [0, 0.05) is 18.5 Å². The first kappa shape index (κ1) is 15.0. The molecule has 1 aliphatic carbocycles. The molecule has 0 bridgehead atoms. The van der Waals surface area contributed by atoms with E-state index in [0.29, 0.717) is 12.8 Å². The zero-order valence-corrected chi connectivity index (χ0v) is 11.4. The number of esters is 1. The number of hydrogen-bond acceptors (Lipinski definition) is 4. The number of amides is 1. The average molecular weight is 256 g/mol. The molecular formula is C13H24N2O3. The van der Waals surface area contributed by atoms with E-state index in [0.717, 1.165) is 12.8 Å². The second-order valence-electron chi connectivity index (χ2n) is 5.18. The van der Waals surface area contributed by atoms with E-state index in [1.807, 2.05) is 13.8 Å². The fourth-order valence-electron chi connectivity index (χ4n) is 2.68. The van der Waals surface area contributed by atoms with Crippen molar-refractivity contribution in [3.63, 3.8) is 0 Å². The van der Waals surface area contributed by atoms with Crippen molar-refractivity contribution in [3.05, 3.63) is 0 Å². The summed E-state index contributed by atoms with van der Waals surface area (Å²) in [5.74, 6) is -0.102. The summed E-state index contributed by atoms with van der Waals surface area (Å²) in [6, 6.07) is -0.219. The van der Waals surface area contributed by atoms with Gasteiger partial charge in [0.15, 0.2) is 0 Å². The lowest BCUT2D eigenvalue weighted by Crippen LogP contribution is -2.55. The van der Waals surface area contributed by atoms with Gasteiger partial charge < -0.3 is 15.8 Å². The Morgan fingerprint density at radius 2 is 2.06 bits per heavy atom. The Balaban J connectivity index is 2.58. The number of carbonyl (C=O) groups is 2. The van der Waals surface area contributed by atoms with Gasteiger partial charge in [-0.1, -0.05) is 13.8 Å². The van der Waals surface area contributed by atoms with Gasteiger partial charge in [-0.15, -0.1) is 0 Å². The van der Waals surface area contributed by atoms with Crippen molar-refractivity contribution in [2.75, 3.05) is 7.11 Å². The number of nitrogens with two attached hydrogens (primary N) is 1. The molecule has 0 saturated heterocycles. The van der Waals surface area contributed by atoms with Crippen LogP contribution in [0.1, 0.15) is 39.5 Å². The molecule has 0 radical (unpaired) electrons. The number of methoxy groups -OCH3 is 1. The second kappa shape index (κ2) is 6.73. The molecule has 0 aromatic rings. The van der Waals surface area contributed by atoms with Crippen molar-refractivity contribution in [1.29, 1.82) is 0 Å². The molecule has 0 aliphatic heterocycles. The molecule has 5 heteroatoms. The van der Waals surface area contributed by atoms with E-state index in [4.69, 9.17) is 10.5 Å². The minimum Gasteiger partial charge on any atom is -0.469 e. The Morgan fingerprint density at radius 3 is 2.56 bits per heavy atom. The van der Waals surface area contributed by atoms with Gasteiger partial charge in [0.25, 0.3) is 0 Å². The van der Waals surface area contributed by atoms with Crippen molar-refractivity contribution in [2.24, 2.45) is 17.6 Å². The van der Waals surface area contributed by atoms with E-state index < -0.39 is 0 Å². The minimum absolute atomic E-state index is 0.0371. The van der Waals surface area contributed by atoms with E-state index >= 15 is 0 Å². The lowest BCUT2D eigenvalue weighted by Gasteiger charge is -2.38.